The summed E-state index contributed by atoms with van der Waals surface area (Å²) in [5, 5.41) is 12.1. The summed E-state index contributed by atoms with van der Waals surface area (Å²) in [5.41, 5.74) is -1.09. The van der Waals surface area contributed by atoms with Crippen LogP contribution in [0.3, 0.4) is 0 Å². The van der Waals surface area contributed by atoms with E-state index in [1.807, 2.05) is 0 Å². The van der Waals surface area contributed by atoms with Gasteiger partial charge in [0.1, 0.15) is 11.6 Å². The van der Waals surface area contributed by atoms with E-state index < -0.39 is 17.6 Å². The molecule has 0 aromatic rings. The van der Waals surface area contributed by atoms with E-state index in [1.54, 1.807) is 6.92 Å². The third kappa shape index (κ3) is 4.78. The van der Waals surface area contributed by atoms with Crippen molar-refractivity contribution in [2.45, 2.75) is 70.9 Å². The third-order valence-electron chi connectivity index (χ3n) is 3.91. The number of ether oxygens (including phenoxy) is 1. The Bertz CT molecular complexity index is 335. The van der Waals surface area contributed by atoms with Crippen LogP contribution < -0.4 is 5.32 Å². The van der Waals surface area contributed by atoms with Crippen LogP contribution in [0.15, 0.2) is 0 Å². The van der Waals surface area contributed by atoms with Crippen molar-refractivity contribution in [3.8, 4) is 0 Å². The highest BCUT2D eigenvalue weighted by molar-refractivity contribution is 5.89. The van der Waals surface area contributed by atoms with Crippen LogP contribution >= 0.6 is 0 Å². The molecule has 1 rings (SSSR count). The summed E-state index contributed by atoms with van der Waals surface area (Å²) in [6, 6.07) is 0. The SMILES string of the molecule is CC(C)CCOC(C)C(=O)NC1(C(=O)O)CCCCC1. The van der Waals surface area contributed by atoms with E-state index in [0.717, 1.165) is 25.7 Å². The minimum Gasteiger partial charge on any atom is -0.480 e. The van der Waals surface area contributed by atoms with Gasteiger partial charge in [0.2, 0.25) is 5.91 Å². The van der Waals surface area contributed by atoms with Gasteiger partial charge >= 0.3 is 5.97 Å². The number of carboxylic acid groups (broad SMARTS) is 1. The molecule has 1 atom stereocenters. The molecular formula is C15H27NO4. The zero-order valence-electron chi connectivity index (χ0n) is 12.8. The lowest BCUT2D eigenvalue weighted by Gasteiger charge is -2.34. The number of hydrogen-bond donors (Lipinski definition) is 2. The van der Waals surface area contributed by atoms with Crippen molar-refractivity contribution in [3.63, 3.8) is 0 Å². The monoisotopic (exact) mass is 285 g/mol. The fourth-order valence-electron chi connectivity index (χ4n) is 2.44. The van der Waals surface area contributed by atoms with E-state index in [4.69, 9.17) is 4.74 Å². The first-order valence-corrected chi connectivity index (χ1v) is 7.54. The summed E-state index contributed by atoms with van der Waals surface area (Å²) in [6.45, 7) is 6.38. The summed E-state index contributed by atoms with van der Waals surface area (Å²) < 4.78 is 5.48. The number of hydrogen-bond acceptors (Lipinski definition) is 3. The molecular weight excluding hydrogens is 258 g/mol. The molecule has 5 heteroatoms. The summed E-state index contributed by atoms with van der Waals surface area (Å²) in [6.07, 6.45) is 4.02. The molecule has 1 saturated carbocycles. The Morgan fingerprint density at radius 3 is 2.30 bits per heavy atom. The lowest BCUT2D eigenvalue weighted by molar-refractivity contribution is -0.151. The molecule has 0 bridgehead atoms. The molecule has 0 aromatic carbocycles. The summed E-state index contributed by atoms with van der Waals surface area (Å²) >= 11 is 0. The highest BCUT2D eigenvalue weighted by Crippen LogP contribution is 2.28. The standard InChI is InChI=1S/C15H27NO4/c1-11(2)7-10-20-12(3)13(17)16-15(14(18)19)8-5-4-6-9-15/h11-12H,4-10H2,1-3H3,(H,16,17)(H,18,19). The minimum atomic E-state index is -1.09. The quantitative estimate of drug-likeness (QED) is 0.753. The fourth-order valence-corrected chi connectivity index (χ4v) is 2.44. The van der Waals surface area contributed by atoms with Crippen molar-refractivity contribution in [3.05, 3.63) is 0 Å². The molecule has 1 aliphatic rings. The average molecular weight is 285 g/mol. The molecule has 5 nitrogen and oxygen atoms in total. The first kappa shape index (κ1) is 17.0. The number of amides is 1. The Morgan fingerprint density at radius 2 is 1.80 bits per heavy atom. The topological polar surface area (TPSA) is 75.6 Å². The van der Waals surface area contributed by atoms with Crippen LogP contribution in [0, 0.1) is 5.92 Å². The van der Waals surface area contributed by atoms with E-state index in [2.05, 4.69) is 19.2 Å². The van der Waals surface area contributed by atoms with Crippen molar-refractivity contribution in [1.82, 2.24) is 5.32 Å². The third-order valence-corrected chi connectivity index (χ3v) is 3.91. The Morgan fingerprint density at radius 1 is 1.20 bits per heavy atom. The maximum Gasteiger partial charge on any atom is 0.329 e. The van der Waals surface area contributed by atoms with Crippen molar-refractivity contribution in [1.29, 1.82) is 0 Å². The van der Waals surface area contributed by atoms with Gasteiger partial charge in [-0.3, -0.25) is 4.79 Å². The molecule has 1 unspecified atom stereocenters. The number of carbonyl (C=O) groups is 2. The molecule has 0 aliphatic heterocycles. The van der Waals surface area contributed by atoms with Crippen LogP contribution in [0.25, 0.3) is 0 Å². The second kappa shape index (κ2) is 7.62. The molecule has 116 valence electrons. The highest BCUT2D eigenvalue weighted by Gasteiger charge is 2.41. The molecule has 0 saturated heterocycles. The average Bonchev–Trinajstić information content (AvgIpc) is 2.39. The van der Waals surface area contributed by atoms with Crippen molar-refractivity contribution in [2.75, 3.05) is 6.61 Å². The van der Waals surface area contributed by atoms with Gasteiger partial charge in [0, 0.05) is 6.61 Å². The number of carbonyl (C=O) groups excluding carboxylic acids is 1. The maximum atomic E-state index is 12.1. The number of carboxylic acids is 1. The largest absolute Gasteiger partial charge is 0.480 e. The predicted octanol–water partition coefficient (Wildman–Crippen LogP) is 2.34. The lowest BCUT2D eigenvalue weighted by Crippen LogP contribution is -2.57. The van der Waals surface area contributed by atoms with E-state index in [9.17, 15) is 14.7 Å². The van der Waals surface area contributed by atoms with Gasteiger partial charge in [-0.25, -0.2) is 4.79 Å². The molecule has 1 fully saturated rings. The Labute approximate surface area is 121 Å². The Hall–Kier alpha value is -1.10. The zero-order valence-corrected chi connectivity index (χ0v) is 12.8. The van der Waals surface area contributed by atoms with Crippen LogP contribution in [0.4, 0.5) is 0 Å². The first-order chi connectivity index (χ1) is 9.37. The first-order valence-electron chi connectivity index (χ1n) is 7.54. The second-order valence-electron chi connectivity index (χ2n) is 6.13. The number of nitrogens with one attached hydrogen (secondary N) is 1. The molecule has 0 radical (unpaired) electrons. The predicted molar refractivity (Wildman–Crippen MR) is 76.5 cm³/mol. The lowest BCUT2D eigenvalue weighted by atomic mass is 9.81. The smallest absolute Gasteiger partial charge is 0.329 e. The molecule has 0 aromatic heterocycles. The van der Waals surface area contributed by atoms with Gasteiger partial charge in [0.25, 0.3) is 0 Å². The van der Waals surface area contributed by atoms with Crippen molar-refractivity contribution < 1.29 is 19.4 Å². The Balaban J connectivity index is 2.51. The minimum absolute atomic E-state index is 0.321. The molecule has 1 aliphatic carbocycles. The van der Waals surface area contributed by atoms with Gasteiger partial charge in [-0.15, -0.1) is 0 Å². The second-order valence-corrected chi connectivity index (χ2v) is 6.13. The van der Waals surface area contributed by atoms with Gasteiger partial charge in [0.05, 0.1) is 0 Å². The zero-order chi connectivity index (χ0) is 15.2. The van der Waals surface area contributed by atoms with Gasteiger partial charge in [-0.2, -0.15) is 0 Å². The van der Waals surface area contributed by atoms with Gasteiger partial charge in [-0.1, -0.05) is 33.1 Å². The molecule has 0 spiro atoms. The summed E-state index contributed by atoms with van der Waals surface area (Å²) in [5.74, 6) is -0.730. The molecule has 20 heavy (non-hydrogen) atoms. The van der Waals surface area contributed by atoms with Crippen LogP contribution in [0.1, 0.15) is 59.3 Å². The summed E-state index contributed by atoms with van der Waals surface area (Å²) in [7, 11) is 0. The maximum absolute atomic E-state index is 12.1. The van der Waals surface area contributed by atoms with E-state index in [0.29, 0.717) is 25.4 Å². The molecule has 0 heterocycles. The van der Waals surface area contributed by atoms with E-state index in [1.165, 1.54) is 0 Å². The Kier molecular flexibility index (Phi) is 6.46. The van der Waals surface area contributed by atoms with Gasteiger partial charge in [-0.05, 0) is 32.1 Å². The van der Waals surface area contributed by atoms with Gasteiger partial charge < -0.3 is 15.2 Å². The number of rotatable bonds is 7. The fraction of sp³-hybridized carbons (Fsp3) is 0.867. The van der Waals surface area contributed by atoms with Crippen LogP contribution in [0.5, 0.6) is 0 Å². The van der Waals surface area contributed by atoms with Crippen molar-refractivity contribution in [2.24, 2.45) is 5.92 Å². The normalized spacial score (nSPS) is 19.6. The highest BCUT2D eigenvalue weighted by atomic mass is 16.5. The van der Waals surface area contributed by atoms with Gasteiger partial charge in [0.15, 0.2) is 0 Å². The molecule has 2 N–H and O–H groups in total. The van der Waals surface area contributed by atoms with E-state index in [-0.39, 0.29) is 5.91 Å². The van der Waals surface area contributed by atoms with Crippen LogP contribution in [-0.4, -0.2) is 35.2 Å². The van der Waals surface area contributed by atoms with Crippen LogP contribution in [0.2, 0.25) is 0 Å². The number of aliphatic carboxylic acids is 1. The summed E-state index contributed by atoms with van der Waals surface area (Å²) in [4.78, 5) is 23.6. The molecule has 1 amide bonds. The van der Waals surface area contributed by atoms with Crippen LogP contribution in [-0.2, 0) is 14.3 Å². The van der Waals surface area contributed by atoms with E-state index >= 15 is 0 Å². The van der Waals surface area contributed by atoms with Crippen molar-refractivity contribution >= 4 is 11.9 Å².